The minimum absolute atomic E-state index is 0.0711. The van der Waals surface area contributed by atoms with Gasteiger partial charge in [-0.3, -0.25) is 4.90 Å². The van der Waals surface area contributed by atoms with E-state index in [9.17, 15) is 4.79 Å². The van der Waals surface area contributed by atoms with Crippen molar-refractivity contribution < 1.29 is 9.53 Å². The Labute approximate surface area is 181 Å². The van der Waals surface area contributed by atoms with Gasteiger partial charge in [-0.1, -0.05) is 44.6 Å². The zero-order chi connectivity index (χ0) is 20.9. The highest BCUT2D eigenvalue weighted by Crippen LogP contribution is 2.17. The maximum absolute atomic E-state index is 12.1. The van der Waals surface area contributed by atoms with E-state index in [-0.39, 0.29) is 6.03 Å². The van der Waals surface area contributed by atoms with E-state index in [0.717, 1.165) is 19.4 Å². The summed E-state index contributed by atoms with van der Waals surface area (Å²) >= 11 is 0. The van der Waals surface area contributed by atoms with Crippen LogP contribution in [0.25, 0.3) is 0 Å². The number of pyridine rings is 1. The molecule has 1 aromatic rings. The number of carbonyl (C=O) groups excluding carboxylic acids is 1. The second kappa shape index (κ2) is 13.3. The standard InChI is InChI=1S/C24H38N4O2/c29-24(27-22-11-5-2-1-3-6-12-22)26-14-7-10-18-30-23-19-21(13-15-25-23)20-28-16-8-4-9-17-28/h7,10,13,15,19,22H,1-6,8-9,11-12,14,16-18,20H2,(H2,26,27,29)/b10-7-. The first-order valence-electron chi connectivity index (χ1n) is 11.8. The van der Waals surface area contributed by atoms with Crippen LogP contribution in [0.4, 0.5) is 4.79 Å². The van der Waals surface area contributed by atoms with Crippen molar-refractivity contribution in [3.8, 4) is 5.88 Å². The molecule has 166 valence electrons. The summed E-state index contributed by atoms with van der Waals surface area (Å²) in [5.41, 5.74) is 1.25. The molecular formula is C24H38N4O2. The summed E-state index contributed by atoms with van der Waals surface area (Å²) < 4.78 is 5.75. The number of carbonyl (C=O) groups is 1. The molecule has 1 aliphatic carbocycles. The Hall–Kier alpha value is -2.08. The largest absolute Gasteiger partial charge is 0.473 e. The van der Waals surface area contributed by atoms with Crippen molar-refractivity contribution >= 4 is 6.03 Å². The Morgan fingerprint density at radius 3 is 2.60 bits per heavy atom. The molecular weight excluding hydrogens is 376 g/mol. The Balaban J connectivity index is 1.30. The van der Waals surface area contributed by atoms with Gasteiger partial charge in [0.2, 0.25) is 5.88 Å². The summed E-state index contributed by atoms with van der Waals surface area (Å²) in [6.07, 6.45) is 18.2. The van der Waals surface area contributed by atoms with Crippen molar-refractivity contribution in [1.82, 2.24) is 20.5 Å². The van der Waals surface area contributed by atoms with Gasteiger partial charge >= 0.3 is 6.03 Å². The van der Waals surface area contributed by atoms with Crippen LogP contribution in [0.3, 0.4) is 0 Å². The number of ether oxygens (including phenoxy) is 1. The first kappa shape index (κ1) is 22.6. The lowest BCUT2D eigenvalue weighted by molar-refractivity contribution is 0.220. The molecule has 2 heterocycles. The van der Waals surface area contributed by atoms with E-state index in [2.05, 4.69) is 26.6 Å². The third kappa shape index (κ3) is 8.74. The second-order valence-corrected chi connectivity index (χ2v) is 8.52. The van der Waals surface area contributed by atoms with Crippen LogP contribution in [0.1, 0.15) is 69.8 Å². The van der Waals surface area contributed by atoms with Crippen LogP contribution < -0.4 is 15.4 Å². The summed E-state index contributed by atoms with van der Waals surface area (Å²) in [7, 11) is 0. The van der Waals surface area contributed by atoms with Crippen LogP contribution in [0, 0.1) is 0 Å². The van der Waals surface area contributed by atoms with E-state index >= 15 is 0 Å². The van der Waals surface area contributed by atoms with E-state index in [1.54, 1.807) is 0 Å². The fourth-order valence-electron chi connectivity index (χ4n) is 4.28. The van der Waals surface area contributed by atoms with E-state index in [4.69, 9.17) is 4.74 Å². The van der Waals surface area contributed by atoms with Gasteiger partial charge < -0.3 is 15.4 Å². The van der Waals surface area contributed by atoms with Gasteiger partial charge in [-0.25, -0.2) is 9.78 Å². The third-order valence-electron chi connectivity index (χ3n) is 5.97. The lowest BCUT2D eigenvalue weighted by Gasteiger charge is -2.26. The average Bonchev–Trinajstić information content (AvgIpc) is 2.73. The van der Waals surface area contributed by atoms with Gasteiger partial charge in [0.1, 0.15) is 6.61 Å². The highest BCUT2D eigenvalue weighted by atomic mass is 16.5. The Bertz CT molecular complexity index is 650. The molecule has 30 heavy (non-hydrogen) atoms. The number of piperidine rings is 1. The highest BCUT2D eigenvalue weighted by molar-refractivity contribution is 5.74. The van der Waals surface area contributed by atoms with Gasteiger partial charge in [0.05, 0.1) is 0 Å². The zero-order valence-electron chi connectivity index (χ0n) is 18.3. The molecule has 6 heteroatoms. The van der Waals surface area contributed by atoms with Gasteiger partial charge in [-0.15, -0.1) is 0 Å². The number of hydrogen-bond acceptors (Lipinski definition) is 4. The maximum Gasteiger partial charge on any atom is 0.315 e. The molecule has 1 saturated heterocycles. The van der Waals surface area contributed by atoms with E-state index in [1.807, 2.05) is 24.4 Å². The predicted octanol–water partition coefficient (Wildman–Crippen LogP) is 4.41. The molecule has 2 fully saturated rings. The normalized spacial score (nSPS) is 19.2. The predicted molar refractivity (Wildman–Crippen MR) is 121 cm³/mol. The molecule has 2 N–H and O–H groups in total. The van der Waals surface area contributed by atoms with Crippen LogP contribution >= 0.6 is 0 Å². The minimum atomic E-state index is -0.0711. The van der Waals surface area contributed by atoms with Crippen molar-refractivity contribution in [1.29, 1.82) is 0 Å². The van der Waals surface area contributed by atoms with Gasteiger partial charge in [0, 0.05) is 31.4 Å². The summed E-state index contributed by atoms with van der Waals surface area (Å²) in [5.74, 6) is 0.657. The van der Waals surface area contributed by atoms with Crippen LogP contribution in [-0.4, -0.2) is 48.2 Å². The van der Waals surface area contributed by atoms with Gasteiger partial charge in [-0.2, -0.15) is 0 Å². The molecule has 0 unspecified atom stereocenters. The van der Waals surface area contributed by atoms with E-state index in [0.29, 0.717) is 25.1 Å². The number of likely N-dealkylation sites (tertiary alicyclic amines) is 1. The molecule has 2 aliphatic rings. The highest BCUT2D eigenvalue weighted by Gasteiger charge is 2.13. The van der Waals surface area contributed by atoms with Crippen molar-refractivity contribution in [2.75, 3.05) is 26.2 Å². The van der Waals surface area contributed by atoms with Gasteiger partial charge in [0.15, 0.2) is 0 Å². The van der Waals surface area contributed by atoms with Crippen molar-refractivity contribution in [2.24, 2.45) is 0 Å². The van der Waals surface area contributed by atoms with Crippen molar-refractivity contribution in [3.05, 3.63) is 36.0 Å². The lowest BCUT2D eigenvalue weighted by Crippen LogP contribution is -2.42. The third-order valence-corrected chi connectivity index (χ3v) is 5.97. The van der Waals surface area contributed by atoms with Crippen LogP contribution in [0.15, 0.2) is 30.5 Å². The number of aromatic nitrogens is 1. The number of amides is 2. The SMILES string of the molecule is O=C(NC/C=C\COc1cc(CN2CCCCC2)ccn1)NC1CCCCCCC1. The monoisotopic (exact) mass is 414 g/mol. The molecule has 1 aliphatic heterocycles. The first-order valence-corrected chi connectivity index (χ1v) is 11.8. The number of rotatable bonds is 8. The molecule has 1 saturated carbocycles. The topological polar surface area (TPSA) is 66.5 Å². The summed E-state index contributed by atoms with van der Waals surface area (Å²) in [6.45, 7) is 4.29. The van der Waals surface area contributed by atoms with Crippen LogP contribution in [0.2, 0.25) is 0 Å². The Morgan fingerprint density at radius 2 is 1.80 bits per heavy atom. The van der Waals surface area contributed by atoms with Gasteiger partial charge in [0.25, 0.3) is 0 Å². The van der Waals surface area contributed by atoms with Crippen molar-refractivity contribution in [3.63, 3.8) is 0 Å². The summed E-state index contributed by atoms with van der Waals surface area (Å²) in [5, 5.41) is 6.02. The molecule has 1 aromatic heterocycles. The molecule has 0 aromatic carbocycles. The molecule has 6 nitrogen and oxygen atoms in total. The first-order chi connectivity index (χ1) is 14.8. The fourth-order valence-corrected chi connectivity index (χ4v) is 4.28. The molecule has 0 atom stereocenters. The lowest BCUT2D eigenvalue weighted by atomic mass is 9.97. The Kier molecular flexibility index (Phi) is 10.00. The van der Waals surface area contributed by atoms with E-state index in [1.165, 1.54) is 70.0 Å². The summed E-state index contributed by atoms with van der Waals surface area (Å²) in [4.78, 5) is 18.9. The number of nitrogens with zero attached hydrogens (tertiary/aromatic N) is 2. The molecule has 0 radical (unpaired) electrons. The zero-order valence-corrected chi connectivity index (χ0v) is 18.3. The Morgan fingerprint density at radius 1 is 1.07 bits per heavy atom. The maximum atomic E-state index is 12.1. The van der Waals surface area contributed by atoms with Crippen LogP contribution in [0.5, 0.6) is 5.88 Å². The molecule has 3 rings (SSSR count). The number of nitrogens with one attached hydrogen (secondary N) is 2. The molecule has 2 amide bonds. The number of hydrogen-bond donors (Lipinski definition) is 2. The number of urea groups is 1. The second-order valence-electron chi connectivity index (χ2n) is 8.52. The van der Waals surface area contributed by atoms with Gasteiger partial charge in [-0.05, 0) is 56.5 Å². The summed E-state index contributed by atoms with van der Waals surface area (Å²) in [6, 6.07) is 4.35. The van der Waals surface area contributed by atoms with Crippen molar-refractivity contribution in [2.45, 2.75) is 76.8 Å². The molecule has 0 spiro atoms. The smallest absolute Gasteiger partial charge is 0.315 e. The fraction of sp³-hybridized carbons (Fsp3) is 0.667. The average molecular weight is 415 g/mol. The molecule has 0 bridgehead atoms. The quantitative estimate of drug-likeness (QED) is 0.618. The minimum Gasteiger partial charge on any atom is -0.473 e. The van der Waals surface area contributed by atoms with Crippen LogP contribution in [-0.2, 0) is 6.54 Å². The van der Waals surface area contributed by atoms with E-state index < -0.39 is 0 Å².